The molecule has 0 aliphatic carbocycles. The van der Waals surface area contributed by atoms with Crippen LogP contribution in [0.1, 0.15) is 42.7 Å². The van der Waals surface area contributed by atoms with Gasteiger partial charge < -0.3 is 10.4 Å². The number of carboxylic acids is 1. The number of aliphatic carboxylic acids is 1. The number of carbonyl (C=O) groups excluding carboxylic acids is 1. The number of carboxylic acid groups (broad SMARTS) is 1. The lowest BCUT2D eigenvalue weighted by atomic mass is 10.0. The second kappa shape index (κ2) is 6.60. The summed E-state index contributed by atoms with van der Waals surface area (Å²) < 4.78 is 14.6. The third-order valence-electron chi connectivity index (χ3n) is 3.39. The zero-order valence-electron chi connectivity index (χ0n) is 13.1. The van der Waals surface area contributed by atoms with Gasteiger partial charge in [-0.15, -0.1) is 0 Å². The predicted molar refractivity (Wildman–Crippen MR) is 82.2 cm³/mol. The molecule has 1 atom stereocenters. The minimum absolute atomic E-state index is 0.0385. The topological polar surface area (TPSA) is 84.2 Å². The standard InChI is InChI=1S/C16H18FN3O3/c1-9(2)14-13(15(21)19-10(3)16(22)23)8-18-20(14)12-6-4-11(17)5-7-12/h4-10H,1-3H3,(H,19,21)(H,22,23)/t10-/m0/s1. The molecule has 1 aromatic carbocycles. The molecule has 2 N–H and O–H groups in total. The molecule has 0 saturated carbocycles. The fourth-order valence-electron chi connectivity index (χ4n) is 2.21. The van der Waals surface area contributed by atoms with Crippen molar-refractivity contribution in [1.29, 1.82) is 0 Å². The van der Waals surface area contributed by atoms with E-state index in [4.69, 9.17) is 5.11 Å². The maximum atomic E-state index is 13.1. The molecular formula is C16H18FN3O3. The number of aromatic nitrogens is 2. The van der Waals surface area contributed by atoms with Crippen LogP contribution in [-0.2, 0) is 4.79 Å². The van der Waals surface area contributed by atoms with E-state index in [1.54, 1.807) is 16.8 Å². The van der Waals surface area contributed by atoms with Gasteiger partial charge >= 0.3 is 5.97 Å². The smallest absolute Gasteiger partial charge is 0.325 e. The van der Waals surface area contributed by atoms with Crippen LogP contribution in [0.2, 0.25) is 0 Å². The van der Waals surface area contributed by atoms with Crippen LogP contribution in [0.5, 0.6) is 0 Å². The van der Waals surface area contributed by atoms with Crippen LogP contribution >= 0.6 is 0 Å². The molecular weight excluding hydrogens is 301 g/mol. The summed E-state index contributed by atoms with van der Waals surface area (Å²) >= 11 is 0. The molecule has 23 heavy (non-hydrogen) atoms. The Kier molecular flexibility index (Phi) is 4.78. The predicted octanol–water partition coefficient (Wildman–Crippen LogP) is 2.34. The average Bonchev–Trinajstić information content (AvgIpc) is 2.92. The zero-order valence-corrected chi connectivity index (χ0v) is 13.1. The largest absolute Gasteiger partial charge is 0.480 e. The van der Waals surface area contributed by atoms with Crippen LogP contribution in [0.4, 0.5) is 4.39 Å². The van der Waals surface area contributed by atoms with Gasteiger partial charge in [-0.1, -0.05) is 13.8 Å². The number of halogens is 1. The first-order chi connectivity index (χ1) is 10.8. The molecule has 1 amide bonds. The van der Waals surface area contributed by atoms with E-state index in [-0.39, 0.29) is 11.7 Å². The second-order valence-electron chi connectivity index (χ2n) is 5.52. The third-order valence-corrected chi connectivity index (χ3v) is 3.39. The molecule has 0 unspecified atom stereocenters. The molecule has 6 nitrogen and oxygen atoms in total. The molecule has 0 aliphatic heterocycles. The second-order valence-corrected chi connectivity index (χ2v) is 5.52. The van der Waals surface area contributed by atoms with E-state index < -0.39 is 17.9 Å². The maximum absolute atomic E-state index is 13.1. The van der Waals surface area contributed by atoms with Crippen molar-refractivity contribution >= 4 is 11.9 Å². The molecule has 0 aliphatic rings. The van der Waals surface area contributed by atoms with Crippen molar-refractivity contribution < 1.29 is 19.1 Å². The molecule has 0 spiro atoms. The minimum Gasteiger partial charge on any atom is -0.480 e. The average molecular weight is 319 g/mol. The first kappa shape index (κ1) is 16.7. The quantitative estimate of drug-likeness (QED) is 0.886. The van der Waals surface area contributed by atoms with Gasteiger partial charge in [-0.2, -0.15) is 5.10 Å². The summed E-state index contributed by atoms with van der Waals surface area (Å²) in [5.41, 5.74) is 1.56. The van der Waals surface area contributed by atoms with E-state index in [0.717, 1.165) is 0 Å². The summed E-state index contributed by atoms with van der Waals surface area (Å²) in [7, 11) is 0. The van der Waals surface area contributed by atoms with Crippen molar-refractivity contribution in [3.63, 3.8) is 0 Å². The van der Waals surface area contributed by atoms with E-state index >= 15 is 0 Å². The number of benzene rings is 1. The van der Waals surface area contributed by atoms with E-state index in [1.807, 2.05) is 13.8 Å². The normalized spacial score (nSPS) is 12.2. The molecule has 2 rings (SSSR count). The van der Waals surface area contributed by atoms with Crippen molar-refractivity contribution in [2.24, 2.45) is 0 Å². The van der Waals surface area contributed by atoms with Crippen molar-refractivity contribution in [3.05, 3.63) is 47.5 Å². The van der Waals surface area contributed by atoms with E-state index in [9.17, 15) is 14.0 Å². The highest BCUT2D eigenvalue weighted by molar-refractivity contribution is 5.97. The van der Waals surface area contributed by atoms with Crippen molar-refractivity contribution in [2.45, 2.75) is 32.7 Å². The molecule has 2 aromatic rings. The zero-order chi connectivity index (χ0) is 17.1. The van der Waals surface area contributed by atoms with Crippen molar-refractivity contribution in [3.8, 4) is 5.69 Å². The van der Waals surface area contributed by atoms with Gasteiger partial charge in [-0.05, 0) is 37.1 Å². The van der Waals surface area contributed by atoms with Gasteiger partial charge in [-0.25, -0.2) is 9.07 Å². The molecule has 122 valence electrons. The Labute approximate surface area is 132 Å². The van der Waals surface area contributed by atoms with E-state index in [1.165, 1.54) is 25.3 Å². The molecule has 7 heteroatoms. The number of amides is 1. The lowest BCUT2D eigenvalue weighted by Gasteiger charge is -2.14. The van der Waals surface area contributed by atoms with Gasteiger partial charge in [0.2, 0.25) is 0 Å². The SMILES string of the molecule is CC(C)c1c(C(=O)N[C@@H](C)C(=O)O)cnn1-c1ccc(F)cc1. The highest BCUT2D eigenvalue weighted by Crippen LogP contribution is 2.23. The van der Waals surface area contributed by atoms with Crippen LogP contribution in [0, 0.1) is 5.82 Å². The highest BCUT2D eigenvalue weighted by atomic mass is 19.1. The highest BCUT2D eigenvalue weighted by Gasteiger charge is 2.23. The molecule has 0 fully saturated rings. The molecule has 0 radical (unpaired) electrons. The van der Waals surface area contributed by atoms with Crippen molar-refractivity contribution in [1.82, 2.24) is 15.1 Å². The molecule has 0 bridgehead atoms. The summed E-state index contributed by atoms with van der Waals surface area (Å²) in [6.45, 7) is 5.18. The van der Waals surface area contributed by atoms with Gasteiger partial charge in [0.15, 0.2) is 0 Å². The Hall–Kier alpha value is -2.70. The lowest BCUT2D eigenvalue weighted by molar-refractivity contribution is -0.138. The van der Waals surface area contributed by atoms with Crippen LogP contribution < -0.4 is 5.32 Å². The third kappa shape index (κ3) is 3.56. The molecule has 0 saturated heterocycles. The molecule has 1 heterocycles. The number of nitrogens with one attached hydrogen (secondary N) is 1. The van der Waals surface area contributed by atoms with Crippen LogP contribution in [0.25, 0.3) is 5.69 Å². The Bertz CT molecular complexity index is 723. The first-order valence-electron chi connectivity index (χ1n) is 7.18. The summed E-state index contributed by atoms with van der Waals surface area (Å²) in [6, 6.07) is 4.75. The Balaban J connectivity index is 2.41. The summed E-state index contributed by atoms with van der Waals surface area (Å²) in [5.74, 6) is -2.02. The number of carbonyl (C=O) groups is 2. The van der Waals surface area contributed by atoms with Gasteiger partial charge in [0.25, 0.3) is 5.91 Å². The number of hydrogen-bond donors (Lipinski definition) is 2. The first-order valence-corrected chi connectivity index (χ1v) is 7.18. The fraction of sp³-hybridized carbons (Fsp3) is 0.312. The lowest BCUT2D eigenvalue weighted by Crippen LogP contribution is -2.38. The summed E-state index contributed by atoms with van der Waals surface area (Å²) in [5, 5.41) is 15.5. The monoisotopic (exact) mass is 319 g/mol. The number of nitrogens with zero attached hydrogens (tertiary/aromatic N) is 2. The van der Waals surface area contributed by atoms with Crippen LogP contribution in [-0.4, -0.2) is 32.8 Å². The maximum Gasteiger partial charge on any atom is 0.325 e. The Morgan fingerprint density at radius 3 is 2.35 bits per heavy atom. The summed E-state index contributed by atoms with van der Waals surface area (Å²) in [6.07, 6.45) is 1.39. The van der Waals surface area contributed by atoms with Gasteiger partial charge in [0.1, 0.15) is 11.9 Å². The van der Waals surface area contributed by atoms with E-state index in [0.29, 0.717) is 16.9 Å². The van der Waals surface area contributed by atoms with Crippen LogP contribution in [0.15, 0.2) is 30.5 Å². The van der Waals surface area contributed by atoms with Gasteiger partial charge in [0.05, 0.1) is 23.1 Å². The number of hydrogen-bond acceptors (Lipinski definition) is 3. The van der Waals surface area contributed by atoms with Gasteiger partial charge in [0, 0.05) is 0 Å². The Morgan fingerprint density at radius 1 is 1.22 bits per heavy atom. The van der Waals surface area contributed by atoms with Crippen molar-refractivity contribution in [2.75, 3.05) is 0 Å². The molecule has 1 aromatic heterocycles. The Morgan fingerprint density at radius 2 is 1.83 bits per heavy atom. The van der Waals surface area contributed by atoms with Crippen LogP contribution in [0.3, 0.4) is 0 Å². The van der Waals surface area contributed by atoms with E-state index in [2.05, 4.69) is 10.4 Å². The minimum atomic E-state index is -1.12. The van der Waals surface area contributed by atoms with Gasteiger partial charge in [-0.3, -0.25) is 9.59 Å². The number of rotatable bonds is 5. The fourth-order valence-corrected chi connectivity index (χ4v) is 2.21. The summed E-state index contributed by atoms with van der Waals surface area (Å²) in [4.78, 5) is 23.2.